The first-order valence-corrected chi connectivity index (χ1v) is 5.43. The van der Waals surface area contributed by atoms with Crippen LogP contribution in [-0.2, 0) is 7.05 Å². The lowest BCUT2D eigenvalue weighted by Gasteiger charge is -2.24. The van der Waals surface area contributed by atoms with Crippen molar-refractivity contribution in [3.8, 4) is 0 Å². The predicted molar refractivity (Wildman–Crippen MR) is 52.3 cm³/mol. The lowest BCUT2D eigenvalue weighted by atomic mass is 9.85. The molecule has 0 atom stereocenters. The third-order valence-electron chi connectivity index (χ3n) is 3.36. The summed E-state index contributed by atoms with van der Waals surface area (Å²) in [4.78, 5) is 11.8. The third-order valence-corrected chi connectivity index (χ3v) is 3.36. The molecule has 1 heterocycles. The van der Waals surface area contributed by atoms with Gasteiger partial charge >= 0.3 is 5.69 Å². The molecule has 0 saturated heterocycles. The van der Waals surface area contributed by atoms with Crippen LogP contribution >= 0.6 is 0 Å². The summed E-state index contributed by atoms with van der Waals surface area (Å²) < 4.78 is 3.43. The Hall–Kier alpha value is -1.06. The van der Waals surface area contributed by atoms with Crippen LogP contribution in [0.1, 0.15) is 49.9 Å². The molecular formula is C10H15N3O. The lowest BCUT2D eigenvalue weighted by Crippen LogP contribution is -2.24. The lowest BCUT2D eigenvalue weighted by molar-refractivity contribution is 0.384. The first-order chi connectivity index (χ1) is 6.77. The SMILES string of the molecule is Cn1nc(C2CCC2)n(C2CC2)c1=O. The van der Waals surface area contributed by atoms with Crippen LogP contribution in [0.4, 0.5) is 0 Å². The minimum atomic E-state index is 0.0781. The van der Waals surface area contributed by atoms with E-state index in [0.29, 0.717) is 12.0 Å². The highest BCUT2D eigenvalue weighted by atomic mass is 16.2. The summed E-state index contributed by atoms with van der Waals surface area (Å²) >= 11 is 0. The van der Waals surface area contributed by atoms with Crippen molar-refractivity contribution in [2.75, 3.05) is 0 Å². The van der Waals surface area contributed by atoms with Gasteiger partial charge in [-0.3, -0.25) is 4.57 Å². The summed E-state index contributed by atoms with van der Waals surface area (Å²) in [6, 6.07) is 0.465. The standard InChI is InChI=1S/C10H15N3O/c1-12-10(14)13(8-5-6-8)9(11-12)7-3-2-4-7/h7-8H,2-6H2,1H3. The van der Waals surface area contributed by atoms with Crippen molar-refractivity contribution in [1.29, 1.82) is 0 Å². The molecule has 0 radical (unpaired) electrons. The van der Waals surface area contributed by atoms with Crippen molar-refractivity contribution in [1.82, 2.24) is 14.3 Å². The molecule has 0 unspecified atom stereocenters. The van der Waals surface area contributed by atoms with Gasteiger partial charge in [0.2, 0.25) is 0 Å². The van der Waals surface area contributed by atoms with Crippen LogP contribution in [-0.4, -0.2) is 14.3 Å². The number of nitrogens with zero attached hydrogens (tertiary/aromatic N) is 3. The van der Waals surface area contributed by atoms with Crippen LogP contribution in [0.25, 0.3) is 0 Å². The highest BCUT2D eigenvalue weighted by Crippen LogP contribution is 2.40. The van der Waals surface area contributed by atoms with Gasteiger partial charge in [-0.15, -0.1) is 0 Å². The Kier molecular flexibility index (Phi) is 1.60. The zero-order valence-electron chi connectivity index (χ0n) is 8.44. The van der Waals surface area contributed by atoms with E-state index in [0.717, 1.165) is 18.7 Å². The third kappa shape index (κ3) is 1.06. The van der Waals surface area contributed by atoms with E-state index in [4.69, 9.17) is 0 Å². The predicted octanol–water partition coefficient (Wildman–Crippen LogP) is 1.18. The summed E-state index contributed by atoms with van der Waals surface area (Å²) in [7, 11) is 1.75. The number of aromatic nitrogens is 3. The van der Waals surface area contributed by atoms with Crippen molar-refractivity contribution >= 4 is 0 Å². The molecule has 76 valence electrons. The highest BCUT2D eigenvalue weighted by molar-refractivity contribution is 5.05. The van der Waals surface area contributed by atoms with Crippen LogP contribution in [0.3, 0.4) is 0 Å². The Balaban J connectivity index is 2.07. The van der Waals surface area contributed by atoms with Crippen LogP contribution in [0.2, 0.25) is 0 Å². The van der Waals surface area contributed by atoms with Gasteiger partial charge in [0.05, 0.1) is 0 Å². The fourth-order valence-corrected chi connectivity index (χ4v) is 2.12. The van der Waals surface area contributed by atoms with Crippen molar-refractivity contribution in [3.63, 3.8) is 0 Å². The van der Waals surface area contributed by atoms with E-state index >= 15 is 0 Å². The second-order valence-corrected chi connectivity index (χ2v) is 4.49. The smallest absolute Gasteiger partial charge is 0.276 e. The maximum atomic E-state index is 11.8. The fraction of sp³-hybridized carbons (Fsp3) is 0.800. The summed E-state index contributed by atoms with van der Waals surface area (Å²) in [5.41, 5.74) is 0.0781. The molecule has 4 heteroatoms. The van der Waals surface area contributed by atoms with Gasteiger partial charge in [-0.05, 0) is 25.7 Å². The molecule has 0 N–H and O–H groups in total. The summed E-state index contributed by atoms with van der Waals surface area (Å²) in [5.74, 6) is 1.61. The monoisotopic (exact) mass is 193 g/mol. The highest BCUT2D eigenvalue weighted by Gasteiger charge is 2.33. The molecule has 1 aromatic heterocycles. The largest absolute Gasteiger partial charge is 0.345 e. The summed E-state index contributed by atoms with van der Waals surface area (Å²) in [6.45, 7) is 0. The molecule has 14 heavy (non-hydrogen) atoms. The Bertz CT molecular complexity index is 409. The molecule has 0 amide bonds. The van der Waals surface area contributed by atoms with Gasteiger partial charge in [0.1, 0.15) is 5.82 Å². The Morgan fingerprint density at radius 1 is 1.29 bits per heavy atom. The topological polar surface area (TPSA) is 39.8 Å². The zero-order valence-corrected chi connectivity index (χ0v) is 8.44. The van der Waals surface area contributed by atoms with Gasteiger partial charge in [0, 0.05) is 19.0 Å². The van der Waals surface area contributed by atoms with Crippen LogP contribution in [0.15, 0.2) is 4.79 Å². The second kappa shape index (κ2) is 2.72. The van der Waals surface area contributed by atoms with E-state index in [1.165, 1.54) is 23.9 Å². The summed E-state index contributed by atoms with van der Waals surface area (Å²) in [5, 5.41) is 4.36. The van der Waals surface area contributed by atoms with Gasteiger partial charge in [-0.2, -0.15) is 5.10 Å². The molecule has 0 spiro atoms. The van der Waals surface area contributed by atoms with Gasteiger partial charge in [-0.1, -0.05) is 6.42 Å². The van der Waals surface area contributed by atoms with E-state index in [9.17, 15) is 4.79 Å². The van der Waals surface area contributed by atoms with Gasteiger partial charge in [-0.25, -0.2) is 9.48 Å². The molecule has 0 bridgehead atoms. The van der Waals surface area contributed by atoms with Crippen LogP contribution in [0, 0.1) is 0 Å². The molecule has 1 aromatic rings. The average molecular weight is 193 g/mol. The van der Waals surface area contributed by atoms with E-state index in [-0.39, 0.29) is 5.69 Å². The molecule has 2 aliphatic carbocycles. The second-order valence-electron chi connectivity index (χ2n) is 4.49. The van der Waals surface area contributed by atoms with Crippen molar-refractivity contribution in [2.45, 2.75) is 44.1 Å². The van der Waals surface area contributed by atoms with E-state index in [2.05, 4.69) is 5.10 Å². The first kappa shape index (κ1) is 8.26. The summed E-state index contributed by atoms with van der Waals surface area (Å²) in [6.07, 6.45) is 6.03. The van der Waals surface area contributed by atoms with Gasteiger partial charge in [0.25, 0.3) is 0 Å². The molecule has 4 nitrogen and oxygen atoms in total. The maximum absolute atomic E-state index is 11.8. The number of aryl methyl sites for hydroxylation is 1. The van der Waals surface area contributed by atoms with E-state index in [1.807, 2.05) is 4.57 Å². The van der Waals surface area contributed by atoms with Crippen molar-refractivity contribution in [2.24, 2.45) is 7.05 Å². The van der Waals surface area contributed by atoms with Crippen LogP contribution in [0.5, 0.6) is 0 Å². The number of hydrogen-bond donors (Lipinski definition) is 0. The molecule has 0 aliphatic heterocycles. The fourth-order valence-electron chi connectivity index (χ4n) is 2.12. The van der Waals surface area contributed by atoms with E-state index in [1.54, 1.807) is 7.05 Å². The average Bonchev–Trinajstić information content (AvgIpc) is 2.81. The zero-order chi connectivity index (χ0) is 9.71. The Morgan fingerprint density at radius 2 is 2.00 bits per heavy atom. The molecule has 2 fully saturated rings. The van der Waals surface area contributed by atoms with Gasteiger partial charge in [0.15, 0.2) is 0 Å². The molecule has 2 aliphatic rings. The van der Waals surface area contributed by atoms with E-state index < -0.39 is 0 Å². The molecule has 3 rings (SSSR count). The van der Waals surface area contributed by atoms with Crippen molar-refractivity contribution < 1.29 is 0 Å². The minimum Gasteiger partial charge on any atom is -0.276 e. The minimum absolute atomic E-state index is 0.0781. The Labute approximate surface area is 82.5 Å². The maximum Gasteiger partial charge on any atom is 0.345 e. The first-order valence-electron chi connectivity index (χ1n) is 5.43. The molecular weight excluding hydrogens is 178 g/mol. The number of rotatable bonds is 2. The normalized spacial score (nSPS) is 22.4. The number of hydrogen-bond acceptors (Lipinski definition) is 2. The van der Waals surface area contributed by atoms with Crippen molar-refractivity contribution in [3.05, 3.63) is 16.3 Å². The quantitative estimate of drug-likeness (QED) is 0.707. The van der Waals surface area contributed by atoms with Crippen LogP contribution < -0.4 is 5.69 Å². The molecule has 2 saturated carbocycles. The Morgan fingerprint density at radius 3 is 2.50 bits per heavy atom. The van der Waals surface area contributed by atoms with Gasteiger partial charge < -0.3 is 0 Å². The molecule has 0 aromatic carbocycles.